The van der Waals surface area contributed by atoms with Crippen LogP contribution in [0.2, 0.25) is 0 Å². The van der Waals surface area contributed by atoms with Crippen LogP contribution < -0.4 is 0 Å². The van der Waals surface area contributed by atoms with Crippen LogP contribution in [0.4, 0.5) is 4.39 Å². The molecule has 0 aliphatic carbocycles. The summed E-state index contributed by atoms with van der Waals surface area (Å²) in [5, 5.41) is 8.97. The quantitative estimate of drug-likeness (QED) is 0.897. The Morgan fingerprint density at radius 1 is 1.33 bits per heavy atom. The Labute approximate surface area is 122 Å². The third-order valence-electron chi connectivity index (χ3n) is 3.43. The SMILES string of the molecule is O=C(O)CN(Cc1ccc(F)cc1)C(=O)C1CCCOC1. The number of carboxylic acids is 1. The summed E-state index contributed by atoms with van der Waals surface area (Å²) < 4.78 is 18.2. The van der Waals surface area contributed by atoms with Crippen LogP contribution >= 0.6 is 0 Å². The number of amides is 1. The number of carboxylic acid groups (broad SMARTS) is 1. The highest BCUT2D eigenvalue weighted by Crippen LogP contribution is 2.18. The largest absolute Gasteiger partial charge is 0.480 e. The monoisotopic (exact) mass is 295 g/mol. The molecule has 0 saturated carbocycles. The van der Waals surface area contributed by atoms with Crippen LogP contribution in [0.25, 0.3) is 0 Å². The molecule has 1 fully saturated rings. The summed E-state index contributed by atoms with van der Waals surface area (Å²) >= 11 is 0. The molecule has 1 N–H and O–H groups in total. The Kier molecular flexibility index (Phi) is 5.27. The predicted molar refractivity (Wildman–Crippen MR) is 73.0 cm³/mol. The maximum atomic E-state index is 12.9. The van der Waals surface area contributed by atoms with Crippen molar-refractivity contribution in [2.24, 2.45) is 5.92 Å². The third kappa shape index (κ3) is 4.53. The third-order valence-corrected chi connectivity index (χ3v) is 3.43. The topological polar surface area (TPSA) is 66.8 Å². The van der Waals surface area contributed by atoms with Gasteiger partial charge in [-0.15, -0.1) is 0 Å². The normalized spacial score (nSPS) is 18.2. The highest BCUT2D eigenvalue weighted by molar-refractivity contribution is 5.83. The molecule has 1 heterocycles. The van der Waals surface area contributed by atoms with E-state index in [0.717, 1.165) is 6.42 Å². The van der Waals surface area contributed by atoms with Crippen LogP contribution in [0.5, 0.6) is 0 Å². The summed E-state index contributed by atoms with van der Waals surface area (Å²) in [5.41, 5.74) is 0.697. The zero-order valence-electron chi connectivity index (χ0n) is 11.6. The Morgan fingerprint density at radius 2 is 2.05 bits per heavy atom. The molecular formula is C15H18FNO4. The lowest BCUT2D eigenvalue weighted by Gasteiger charge is -2.28. The zero-order chi connectivity index (χ0) is 15.2. The van der Waals surface area contributed by atoms with E-state index in [-0.39, 0.29) is 30.7 Å². The summed E-state index contributed by atoms with van der Waals surface area (Å²) in [6.45, 7) is 0.758. The minimum absolute atomic E-state index is 0.155. The first-order valence-corrected chi connectivity index (χ1v) is 6.89. The highest BCUT2D eigenvalue weighted by Gasteiger charge is 2.27. The number of ether oxygens (including phenoxy) is 1. The van der Waals surface area contributed by atoms with Gasteiger partial charge in [0.2, 0.25) is 5.91 Å². The molecule has 1 aromatic carbocycles. The van der Waals surface area contributed by atoms with Crippen molar-refractivity contribution in [2.75, 3.05) is 19.8 Å². The van der Waals surface area contributed by atoms with Crippen molar-refractivity contribution in [3.05, 3.63) is 35.6 Å². The van der Waals surface area contributed by atoms with E-state index in [1.165, 1.54) is 17.0 Å². The van der Waals surface area contributed by atoms with Crippen LogP contribution in [0.1, 0.15) is 18.4 Å². The second-order valence-electron chi connectivity index (χ2n) is 5.13. The molecule has 6 heteroatoms. The highest BCUT2D eigenvalue weighted by atomic mass is 19.1. The molecule has 0 aromatic heterocycles. The number of hydrogen-bond acceptors (Lipinski definition) is 3. The first-order chi connectivity index (χ1) is 10.1. The standard InChI is InChI=1S/C15H18FNO4/c16-13-5-3-11(4-6-13)8-17(9-14(18)19)15(20)12-2-1-7-21-10-12/h3-6,12H,1-2,7-10H2,(H,18,19). The maximum Gasteiger partial charge on any atom is 0.323 e. The number of rotatable bonds is 5. The summed E-state index contributed by atoms with van der Waals surface area (Å²) in [4.78, 5) is 24.7. The predicted octanol–water partition coefficient (Wildman–Crippen LogP) is 1.67. The number of benzene rings is 1. The molecule has 21 heavy (non-hydrogen) atoms. The molecule has 0 bridgehead atoms. The van der Waals surface area contributed by atoms with Gasteiger partial charge in [0, 0.05) is 13.2 Å². The van der Waals surface area contributed by atoms with E-state index in [1.807, 2.05) is 0 Å². The minimum Gasteiger partial charge on any atom is -0.480 e. The number of carbonyl (C=O) groups excluding carboxylic acids is 1. The first kappa shape index (κ1) is 15.4. The van der Waals surface area contributed by atoms with E-state index in [4.69, 9.17) is 9.84 Å². The van der Waals surface area contributed by atoms with Gasteiger partial charge in [0.05, 0.1) is 12.5 Å². The molecule has 0 spiro atoms. The van der Waals surface area contributed by atoms with E-state index >= 15 is 0 Å². The molecule has 1 atom stereocenters. The van der Waals surface area contributed by atoms with Crippen molar-refractivity contribution >= 4 is 11.9 Å². The number of aliphatic carboxylic acids is 1. The van der Waals surface area contributed by atoms with Crippen molar-refractivity contribution in [3.63, 3.8) is 0 Å². The number of halogens is 1. The average molecular weight is 295 g/mol. The fraction of sp³-hybridized carbons (Fsp3) is 0.467. The van der Waals surface area contributed by atoms with Crippen molar-refractivity contribution in [1.29, 1.82) is 0 Å². The molecule has 1 aliphatic heterocycles. The van der Waals surface area contributed by atoms with Crippen LogP contribution in [0.3, 0.4) is 0 Å². The van der Waals surface area contributed by atoms with E-state index in [9.17, 15) is 14.0 Å². The van der Waals surface area contributed by atoms with E-state index in [1.54, 1.807) is 12.1 Å². The number of nitrogens with zero attached hydrogens (tertiary/aromatic N) is 1. The smallest absolute Gasteiger partial charge is 0.323 e. The Morgan fingerprint density at radius 3 is 2.62 bits per heavy atom. The van der Waals surface area contributed by atoms with E-state index < -0.39 is 5.97 Å². The molecule has 1 aromatic rings. The van der Waals surface area contributed by atoms with Crippen molar-refractivity contribution in [1.82, 2.24) is 4.90 Å². The van der Waals surface area contributed by atoms with Gasteiger partial charge < -0.3 is 14.7 Å². The average Bonchev–Trinajstić information content (AvgIpc) is 2.48. The van der Waals surface area contributed by atoms with Gasteiger partial charge in [-0.05, 0) is 30.5 Å². The summed E-state index contributed by atoms with van der Waals surface area (Å²) in [6.07, 6.45) is 1.51. The molecule has 1 amide bonds. The molecule has 0 radical (unpaired) electrons. The zero-order valence-corrected chi connectivity index (χ0v) is 11.6. The van der Waals surface area contributed by atoms with Crippen LogP contribution in [0, 0.1) is 11.7 Å². The molecule has 114 valence electrons. The first-order valence-electron chi connectivity index (χ1n) is 6.89. The summed E-state index contributed by atoms with van der Waals surface area (Å²) in [5.74, 6) is -1.95. The fourth-order valence-electron chi connectivity index (χ4n) is 2.38. The van der Waals surface area contributed by atoms with Gasteiger partial charge in [0.1, 0.15) is 12.4 Å². The fourth-order valence-corrected chi connectivity index (χ4v) is 2.38. The molecule has 5 nitrogen and oxygen atoms in total. The van der Waals surface area contributed by atoms with Crippen molar-refractivity contribution in [2.45, 2.75) is 19.4 Å². The number of hydrogen-bond donors (Lipinski definition) is 1. The summed E-state index contributed by atoms with van der Waals surface area (Å²) in [6, 6.07) is 5.69. The van der Waals surface area contributed by atoms with Gasteiger partial charge in [-0.1, -0.05) is 12.1 Å². The Bertz CT molecular complexity index is 497. The van der Waals surface area contributed by atoms with Gasteiger partial charge >= 0.3 is 5.97 Å². The Balaban J connectivity index is 2.07. The van der Waals surface area contributed by atoms with Crippen molar-refractivity contribution in [3.8, 4) is 0 Å². The second kappa shape index (κ2) is 7.17. The lowest BCUT2D eigenvalue weighted by atomic mass is 10.0. The van der Waals surface area contributed by atoms with Crippen LogP contribution in [-0.4, -0.2) is 41.6 Å². The molecule has 1 aliphatic rings. The van der Waals surface area contributed by atoms with Crippen LogP contribution in [0.15, 0.2) is 24.3 Å². The van der Waals surface area contributed by atoms with Crippen LogP contribution in [-0.2, 0) is 20.9 Å². The van der Waals surface area contributed by atoms with Gasteiger partial charge in [0.25, 0.3) is 0 Å². The molecule has 1 unspecified atom stereocenters. The van der Waals surface area contributed by atoms with Gasteiger partial charge in [-0.2, -0.15) is 0 Å². The lowest BCUT2D eigenvalue weighted by Crippen LogP contribution is -2.41. The molecular weight excluding hydrogens is 277 g/mol. The lowest BCUT2D eigenvalue weighted by molar-refractivity contribution is -0.149. The number of carbonyl (C=O) groups is 2. The van der Waals surface area contributed by atoms with Gasteiger partial charge in [-0.25, -0.2) is 4.39 Å². The summed E-state index contributed by atoms with van der Waals surface area (Å²) in [7, 11) is 0. The Hall–Kier alpha value is -1.95. The van der Waals surface area contributed by atoms with E-state index in [2.05, 4.69) is 0 Å². The molecule has 1 saturated heterocycles. The second-order valence-corrected chi connectivity index (χ2v) is 5.13. The maximum absolute atomic E-state index is 12.9. The van der Waals surface area contributed by atoms with Gasteiger partial charge in [0.15, 0.2) is 0 Å². The van der Waals surface area contributed by atoms with E-state index in [0.29, 0.717) is 25.2 Å². The minimum atomic E-state index is -1.07. The van der Waals surface area contributed by atoms with Crippen molar-refractivity contribution < 1.29 is 23.8 Å². The molecule has 2 rings (SSSR count). The van der Waals surface area contributed by atoms with Gasteiger partial charge in [-0.3, -0.25) is 9.59 Å².